The third-order valence-electron chi connectivity index (χ3n) is 4.58. The molecule has 23 heavy (non-hydrogen) atoms. The number of hydrogen-bond acceptors (Lipinski definition) is 4. The van der Waals surface area contributed by atoms with Gasteiger partial charge in [-0.05, 0) is 23.3 Å². The van der Waals surface area contributed by atoms with Crippen molar-refractivity contribution in [3.05, 3.63) is 59.1 Å². The lowest BCUT2D eigenvalue weighted by atomic mass is 10.0. The summed E-state index contributed by atoms with van der Waals surface area (Å²) in [6, 6.07) is 13.4. The molecule has 2 aromatic carbocycles. The zero-order chi connectivity index (χ0) is 15.6. The van der Waals surface area contributed by atoms with Gasteiger partial charge in [0.15, 0.2) is 5.13 Å². The zero-order valence-electron chi connectivity index (χ0n) is 13.4. The predicted octanol–water partition coefficient (Wildman–Crippen LogP) is 3.93. The summed E-state index contributed by atoms with van der Waals surface area (Å²) in [4.78, 5) is 9.38. The van der Waals surface area contributed by atoms with Gasteiger partial charge in [0.05, 0.1) is 0 Å². The topological polar surface area (TPSA) is 19.4 Å². The molecule has 0 N–H and O–H groups in total. The maximum Gasteiger partial charge on any atom is 0.185 e. The Morgan fingerprint density at radius 1 is 1.09 bits per heavy atom. The lowest BCUT2D eigenvalue weighted by Crippen LogP contribution is -2.45. The fraction of sp³-hybridized carbons (Fsp3) is 0.316. The summed E-state index contributed by atoms with van der Waals surface area (Å²) >= 11 is 1.73. The first-order valence-corrected chi connectivity index (χ1v) is 9.02. The Balaban J connectivity index is 1.48. The van der Waals surface area contributed by atoms with Crippen molar-refractivity contribution in [1.29, 1.82) is 0 Å². The predicted molar refractivity (Wildman–Crippen MR) is 98.3 cm³/mol. The second-order valence-corrected chi connectivity index (χ2v) is 7.09. The number of thiazole rings is 1. The van der Waals surface area contributed by atoms with E-state index in [-0.39, 0.29) is 0 Å². The average molecular weight is 323 g/mol. The lowest BCUT2D eigenvalue weighted by molar-refractivity contribution is 0.250. The Kier molecular flexibility index (Phi) is 4.02. The third kappa shape index (κ3) is 3.09. The standard InChI is InChI=1S/C19H21N3S/c1-15-5-6-16-3-2-4-17(18(16)13-15)14-21-8-10-22(11-9-21)19-20-7-12-23-19/h2-7,12-13H,8-11,14H2,1H3. The van der Waals surface area contributed by atoms with E-state index >= 15 is 0 Å². The molecule has 1 aliphatic rings. The molecule has 3 nitrogen and oxygen atoms in total. The van der Waals surface area contributed by atoms with Gasteiger partial charge in [-0.15, -0.1) is 11.3 Å². The van der Waals surface area contributed by atoms with Crippen molar-refractivity contribution in [2.45, 2.75) is 13.5 Å². The maximum absolute atomic E-state index is 4.43. The molecule has 4 rings (SSSR count). The number of rotatable bonds is 3. The minimum absolute atomic E-state index is 1.03. The third-order valence-corrected chi connectivity index (χ3v) is 5.42. The second kappa shape index (κ2) is 6.30. The van der Waals surface area contributed by atoms with Crippen molar-refractivity contribution in [2.75, 3.05) is 31.1 Å². The number of aryl methyl sites for hydroxylation is 1. The molecule has 1 aromatic heterocycles. The number of anilines is 1. The van der Waals surface area contributed by atoms with Crippen LogP contribution >= 0.6 is 11.3 Å². The number of nitrogens with zero attached hydrogens (tertiary/aromatic N) is 3. The van der Waals surface area contributed by atoms with Crippen molar-refractivity contribution < 1.29 is 0 Å². The van der Waals surface area contributed by atoms with Crippen LogP contribution in [0.3, 0.4) is 0 Å². The first kappa shape index (κ1) is 14.7. The van der Waals surface area contributed by atoms with Gasteiger partial charge in [0, 0.05) is 44.3 Å². The molecule has 3 aromatic rings. The molecule has 0 aliphatic carbocycles. The smallest absolute Gasteiger partial charge is 0.185 e. The number of benzene rings is 2. The Morgan fingerprint density at radius 3 is 2.74 bits per heavy atom. The van der Waals surface area contributed by atoms with Gasteiger partial charge in [0.25, 0.3) is 0 Å². The van der Waals surface area contributed by atoms with Gasteiger partial charge in [0.1, 0.15) is 0 Å². The molecular weight excluding hydrogens is 302 g/mol. The normalized spacial score (nSPS) is 16.1. The van der Waals surface area contributed by atoms with Gasteiger partial charge in [-0.2, -0.15) is 0 Å². The zero-order valence-corrected chi connectivity index (χ0v) is 14.2. The van der Waals surface area contributed by atoms with Crippen LogP contribution in [0.2, 0.25) is 0 Å². The van der Waals surface area contributed by atoms with Gasteiger partial charge >= 0.3 is 0 Å². The Hall–Kier alpha value is -1.91. The number of piperazine rings is 1. The van der Waals surface area contributed by atoms with Gasteiger partial charge in [-0.1, -0.05) is 42.0 Å². The van der Waals surface area contributed by atoms with E-state index in [1.807, 2.05) is 6.20 Å². The highest BCUT2D eigenvalue weighted by Crippen LogP contribution is 2.23. The van der Waals surface area contributed by atoms with Crippen molar-refractivity contribution in [1.82, 2.24) is 9.88 Å². The summed E-state index contributed by atoms with van der Waals surface area (Å²) in [6.07, 6.45) is 1.89. The van der Waals surface area contributed by atoms with Crippen LogP contribution in [-0.2, 0) is 6.54 Å². The number of aromatic nitrogens is 1. The van der Waals surface area contributed by atoms with E-state index < -0.39 is 0 Å². The molecule has 1 aliphatic heterocycles. The van der Waals surface area contributed by atoms with Gasteiger partial charge in [-0.25, -0.2) is 4.98 Å². The molecule has 0 saturated carbocycles. The first-order valence-electron chi connectivity index (χ1n) is 8.15. The van der Waals surface area contributed by atoms with Crippen LogP contribution in [-0.4, -0.2) is 36.1 Å². The molecule has 2 heterocycles. The highest BCUT2D eigenvalue weighted by Gasteiger charge is 2.19. The molecule has 0 amide bonds. The van der Waals surface area contributed by atoms with Crippen LogP contribution in [0.15, 0.2) is 48.0 Å². The van der Waals surface area contributed by atoms with Gasteiger partial charge < -0.3 is 4.90 Å². The van der Waals surface area contributed by atoms with Crippen LogP contribution in [0, 0.1) is 6.92 Å². The molecule has 1 saturated heterocycles. The SMILES string of the molecule is Cc1ccc2cccc(CN3CCN(c4nccs4)CC3)c2c1. The first-order chi connectivity index (χ1) is 11.3. The van der Waals surface area contributed by atoms with E-state index in [0.717, 1.165) is 37.9 Å². The monoisotopic (exact) mass is 323 g/mol. The van der Waals surface area contributed by atoms with E-state index in [0.29, 0.717) is 0 Å². The molecule has 0 bridgehead atoms. The number of fused-ring (bicyclic) bond motifs is 1. The summed E-state index contributed by atoms with van der Waals surface area (Å²) in [5.41, 5.74) is 2.77. The molecule has 118 valence electrons. The molecule has 1 fully saturated rings. The Morgan fingerprint density at radius 2 is 1.96 bits per heavy atom. The van der Waals surface area contributed by atoms with E-state index in [9.17, 15) is 0 Å². The largest absolute Gasteiger partial charge is 0.346 e. The van der Waals surface area contributed by atoms with Crippen LogP contribution < -0.4 is 4.90 Å². The highest BCUT2D eigenvalue weighted by atomic mass is 32.1. The van der Waals surface area contributed by atoms with Crippen molar-refractivity contribution in [3.8, 4) is 0 Å². The molecule has 4 heteroatoms. The van der Waals surface area contributed by atoms with Crippen LogP contribution in [0.25, 0.3) is 10.8 Å². The van der Waals surface area contributed by atoms with E-state index in [2.05, 4.69) is 63.5 Å². The second-order valence-electron chi connectivity index (χ2n) is 6.22. The molecule has 0 spiro atoms. The fourth-order valence-corrected chi connectivity index (χ4v) is 4.00. The minimum atomic E-state index is 1.03. The van der Waals surface area contributed by atoms with E-state index in [4.69, 9.17) is 0 Å². The van der Waals surface area contributed by atoms with E-state index in [1.54, 1.807) is 11.3 Å². The van der Waals surface area contributed by atoms with Crippen molar-refractivity contribution in [2.24, 2.45) is 0 Å². The van der Waals surface area contributed by atoms with Gasteiger partial charge in [-0.3, -0.25) is 4.90 Å². The summed E-state index contributed by atoms with van der Waals surface area (Å²) < 4.78 is 0. The summed E-state index contributed by atoms with van der Waals surface area (Å²) in [5, 5.41) is 5.95. The molecule has 0 radical (unpaired) electrons. The van der Waals surface area contributed by atoms with Crippen LogP contribution in [0.5, 0.6) is 0 Å². The lowest BCUT2D eigenvalue weighted by Gasteiger charge is -2.34. The van der Waals surface area contributed by atoms with Crippen LogP contribution in [0.1, 0.15) is 11.1 Å². The van der Waals surface area contributed by atoms with E-state index in [1.165, 1.54) is 21.9 Å². The molecular formula is C19H21N3S. The van der Waals surface area contributed by atoms with Gasteiger partial charge in [0.2, 0.25) is 0 Å². The summed E-state index contributed by atoms with van der Waals surface area (Å²) in [7, 11) is 0. The minimum Gasteiger partial charge on any atom is -0.346 e. The quantitative estimate of drug-likeness (QED) is 0.728. The Bertz CT molecular complexity index is 789. The van der Waals surface area contributed by atoms with Crippen LogP contribution in [0.4, 0.5) is 5.13 Å². The van der Waals surface area contributed by atoms with Crippen molar-refractivity contribution >= 4 is 27.2 Å². The summed E-state index contributed by atoms with van der Waals surface area (Å²) in [5.74, 6) is 0. The Labute approximate surface area is 141 Å². The molecule has 0 atom stereocenters. The maximum atomic E-state index is 4.43. The fourth-order valence-electron chi connectivity index (χ4n) is 3.30. The molecule has 0 unspecified atom stereocenters. The number of hydrogen-bond donors (Lipinski definition) is 0. The average Bonchev–Trinajstić information content (AvgIpc) is 3.11. The highest BCUT2D eigenvalue weighted by molar-refractivity contribution is 7.13. The summed E-state index contributed by atoms with van der Waals surface area (Å²) in [6.45, 7) is 7.54. The van der Waals surface area contributed by atoms with Crippen molar-refractivity contribution in [3.63, 3.8) is 0 Å².